The third-order valence-corrected chi connectivity index (χ3v) is 4.38. The van der Waals surface area contributed by atoms with Gasteiger partial charge in [-0.15, -0.1) is 0 Å². The monoisotopic (exact) mass is 297 g/mol. The Morgan fingerprint density at radius 3 is 2.38 bits per heavy atom. The van der Waals surface area contributed by atoms with Crippen molar-refractivity contribution in [2.24, 2.45) is 11.7 Å². The van der Waals surface area contributed by atoms with Gasteiger partial charge in [0.2, 0.25) is 5.91 Å². The number of hydrogen-bond acceptors (Lipinski definition) is 3. The number of carbonyl (C=O) groups is 3. The number of aliphatic carboxylic acids is 1. The van der Waals surface area contributed by atoms with E-state index in [0.717, 1.165) is 25.7 Å². The van der Waals surface area contributed by atoms with Crippen molar-refractivity contribution in [2.45, 2.75) is 44.6 Å². The number of likely N-dealkylation sites (tertiary alicyclic amines) is 1. The summed E-state index contributed by atoms with van der Waals surface area (Å²) in [5.74, 6) is -1.90. The van der Waals surface area contributed by atoms with Gasteiger partial charge in [-0.2, -0.15) is 0 Å². The van der Waals surface area contributed by atoms with Crippen LogP contribution in [0.15, 0.2) is 0 Å². The van der Waals surface area contributed by atoms with Crippen LogP contribution in [0.2, 0.25) is 0 Å². The summed E-state index contributed by atoms with van der Waals surface area (Å²) in [6.45, 7) is 0.679. The second-order valence-corrected chi connectivity index (χ2v) is 5.94. The van der Waals surface area contributed by atoms with E-state index >= 15 is 0 Å². The summed E-state index contributed by atoms with van der Waals surface area (Å²) >= 11 is 0. The minimum Gasteiger partial charge on any atom is -0.481 e. The lowest BCUT2D eigenvalue weighted by Crippen LogP contribution is -2.53. The first-order valence-electron chi connectivity index (χ1n) is 7.55. The van der Waals surface area contributed by atoms with Crippen molar-refractivity contribution in [3.63, 3.8) is 0 Å². The lowest BCUT2D eigenvalue weighted by molar-refractivity contribution is -0.143. The molecule has 0 aromatic heterocycles. The van der Waals surface area contributed by atoms with E-state index < -0.39 is 17.8 Å². The molecule has 2 aliphatic rings. The van der Waals surface area contributed by atoms with E-state index in [1.807, 2.05) is 0 Å². The molecule has 3 N–H and O–H groups in total. The third kappa shape index (κ3) is 3.86. The van der Waals surface area contributed by atoms with Crippen LogP contribution in [0, 0.1) is 5.92 Å². The normalized spacial score (nSPS) is 23.0. The van der Waals surface area contributed by atoms with Crippen LogP contribution >= 0.6 is 0 Å². The van der Waals surface area contributed by atoms with E-state index in [2.05, 4.69) is 0 Å². The molecule has 0 bridgehead atoms. The molecule has 0 aromatic rings. The van der Waals surface area contributed by atoms with Crippen LogP contribution < -0.4 is 5.73 Å². The molecule has 1 aliphatic heterocycles. The Hall–Kier alpha value is -1.79. The Morgan fingerprint density at radius 1 is 1.14 bits per heavy atom. The number of hydrogen-bond donors (Lipinski definition) is 2. The van der Waals surface area contributed by atoms with Gasteiger partial charge in [0, 0.05) is 19.1 Å². The molecule has 7 heteroatoms. The summed E-state index contributed by atoms with van der Waals surface area (Å²) < 4.78 is 0. The van der Waals surface area contributed by atoms with Crippen molar-refractivity contribution in [2.75, 3.05) is 19.6 Å². The molecule has 3 amide bonds. The maximum atomic E-state index is 12.6. The van der Waals surface area contributed by atoms with E-state index in [1.54, 1.807) is 9.80 Å². The van der Waals surface area contributed by atoms with Crippen LogP contribution in [0.4, 0.5) is 4.79 Å². The SMILES string of the molecule is NC(=O)CN(C(=O)N1CCC[C@H](C(=O)O)C1)C1CCCC1. The summed E-state index contributed by atoms with van der Waals surface area (Å²) in [5.41, 5.74) is 5.26. The van der Waals surface area contributed by atoms with Crippen LogP contribution in [0.3, 0.4) is 0 Å². The number of rotatable bonds is 4. The van der Waals surface area contributed by atoms with Crippen molar-refractivity contribution >= 4 is 17.9 Å². The molecular weight excluding hydrogens is 274 g/mol. The number of carbonyl (C=O) groups excluding carboxylic acids is 2. The van der Waals surface area contributed by atoms with Crippen LogP contribution in [-0.4, -0.2) is 58.5 Å². The molecule has 2 fully saturated rings. The molecule has 0 aromatic carbocycles. The Labute approximate surface area is 124 Å². The molecule has 1 aliphatic carbocycles. The lowest BCUT2D eigenvalue weighted by atomic mass is 9.98. The molecule has 2 rings (SSSR count). The first-order valence-corrected chi connectivity index (χ1v) is 7.55. The average Bonchev–Trinajstić information content (AvgIpc) is 2.98. The molecule has 1 saturated heterocycles. The van der Waals surface area contributed by atoms with Gasteiger partial charge in [0.05, 0.1) is 5.92 Å². The number of carboxylic acid groups (broad SMARTS) is 1. The van der Waals surface area contributed by atoms with E-state index in [0.29, 0.717) is 19.4 Å². The highest BCUT2D eigenvalue weighted by Gasteiger charge is 2.34. The zero-order valence-electron chi connectivity index (χ0n) is 12.2. The molecule has 1 saturated carbocycles. The van der Waals surface area contributed by atoms with E-state index in [-0.39, 0.29) is 25.2 Å². The molecule has 1 heterocycles. The summed E-state index contributed by atoms with van der Waals surface area (Å²) in [6.07, 6.45) is 5.14. The van der Waals surface area contributed by atoms with Gasteiger partial charge in [0.1, 0.15) is 6.54 Å². The number of carboxylic acids is 1. The van der Waals surface area contributed by atoms with Crippen molar-refractivity contribution in [1.29, 1.82) is 0 Å². The second kappa shape index (κ2) is 6.78. The summed E-state index contributed by atoms with van der Waals surface area (Å²) in [5, 5.41) is 9.11. The summed E-state index contributed by atoms with van der Waals surface area (Å²) in [4.78, 5) is 38.1. The molecule has 0 spiro atoms. The number of piperidine rings is 1. The lowest BCUT2D eigenvalue weighted by Gasteiger charge is -2.37. The molecule has 118 valence electrons. The van der Waals surface area contributed by atoms with Gasteiger partial charge in [0.15, 0.2) is 0 Å². The Balaban J connectivity index is 2.05. The van der Waals surface area contributed by atoms with Gasteiger partial charge in [-0.1, -0.05) is 12.8 Å². The smallest absolute Gasteiger partial charge is 0.320 e. The number of amides is 3. The summed E-state index contributed by atoms with van der Waals surface area (Å²) in [7, 11) is 0. The van der Waals surface area contributed by atoms with Crippen LogP contribution in [0.5, 0.6) is 0 Å². The molecule has 0 radical (unpaired) electrons. The van der Waals surface area contributed by atoms with Gasteiger partial charge in [-0.25, -0.2) is 4.79 Å². The topological polar surface area (TPSA) is 104 Å². The number of nitrogens with zero attached hydrogens (tertiary/aromatic N) is 2. The highest BCUT2D eigenvalue weighted by Crippen LogP contribution is 2.26. The molecule has 7 nitrogen and oxygen atoms in total. The second-order valence-electron chi connectivity index (χ2n) is 5.94. The predicted octanol–water partition coefficient (Wildman–Crippen LogP) is 0.633. The highest BCUT2D eigenvalue weighted by molar-refractivity contribution is 5.83. The van der Waals surface area contributed by atoms with Crippen molar-refractivity contribution in [3.8, 4) is 0 Å². The van der Waals surface area contributed by atoms with Gasteiger partial charge < -0.3 is 20.6 Å². The predicted molar refractivity (Wildman–Crippen MR) is 75.5 cm³/mol. The first kappa shape index (κ1) is 15.6. The van der Waals surface area contributed by atoms with Gasteiger partial charge in [-0.05, 0) is 25.7 Å². The van der Waals surface area contributed by atoms with Crippen LogP contribution in [0.25, 0.3) is 0 Å². The van der Waals surface area contributed by atoms with Gasteiger partial charge in [0.25, 0.3) is 0 Å². The van der Waals surface area contributed by atoms with Crippen molar-refractivity contribution < 1.29 is 19.5 Å². The maximum Gasteiger partial charge on any atom is 0.320 e. The van der Waals surface area contributed by atoms with Crippen molar-refractivity contribution in [3.05, 3.63) is 0 Å². The fraction of sp³-hybridized carbons (Fsp3) is 0.786. The van der Waals surface area contributed by atoms with Crippen LogP contribution in [-0.2, 0) is 9.59 Å². The third-order valence-electron chi connectivity index (χ3n) is 4.38. The molecule has 1 atom stereocenters. The zero-order chi connectivity index (χ0) is 15.4. The van der Waals surface area contributed by atoms with Crippen LogP contribution in [0.1, 0.15) is 38.5 Å². The van der Waals surface area contributed by atoms with Gasteiger partial charge >= 0.3 is 12.0 Å². The van der Waals surface area contributed by atoms with E-state index in [1.165, 1.54) is 0 Å². The van der Waals surface area contributed by atoms with Crippen molar-refractivity contribution in [1.82, 2.24) is 9.80 Å². The molecule has 0 unspecified atom stereocenters. The quantitative estimate of drug-likeness (QED) is 0.794. The Morgan fingerprint density at radius 2 is 1.81 bits per heavy atom. The number of urea groups is 1. The standard InChI is InChI=1S/C14H23N3O4/c15-12(18)9-17(11-5-1-2-6-11)14(21)16-7-3-4-10(8-16)13(19)20/h10-11H,1-9H2,(H2,15,18)(H,19,20)/t10-/m0/s1. The molecular formula is C14H23N3O4. The fourth-order valence-corrected chi connectivity index (χ4v) is 3.27. The van der Waals surface area contributed by atoms with E-state index in [9.17, 15) is 14.4 Å². The highest BCUT2D eigenvalue weighted by atomic mass is 16.4. The largest absolute Gasteiger partial charge is 0.481 e. The zero-order valence-corrected chi connectivity index (χ0v) is 12.2. The van der Waals surface area contributed by atoms with Gasteiger partial charge in [-0.3, -0.25) is 9.59 Å². The Bertz CT molecular complexity index is 420. The average molecular weight is 297 g/mol. The fourth-order valence-electron chi connectivity index (χ4n) is 3.27. The Kier molecular flexibility index (Phi) is 5.03. The molecule has 21 heavy (non-hydrogen) atoms. The number of nitrogens with two attached hydrogens (primary N) is 1. The van der Waals surface area contributed by atoms with E-state index in [4.69, 9.17) is 10.8 Å². The maximum absolute atomic E-state index is 12.6. The first-order chi connectivity index (χ1) is 9.99. The number of primary amides is 1. The minimum atomic E-state index is -0.866. The summed E-state index contributed by atoms with van der Waals surface area (Å²) in [6, 6.07) is -0.193. The minimum absolute atomic E-state index is 0.0511.